The van der Waals surface area contributed by atoms with Crippen molar-refractivity contribution in [2.24, 2.45) is 7.05 Å². The van der Waals surface area contributed by atoms with Gasteiger partial charge in [0, 0.05) is 11.5 Å². The van der Waals surface area contributed by atoms with Crippen molar-refractivity contribution in [2.45, 2.75) is 0 Å². The molecule has 0 fully saturated rings. The largest absolute Gasteiger partial charge is 0.337 e. The highest BCUT2D eigenvalue weighted by molar-refractivity contribution is 9.10. The number of benzene rings is 1. The van der Waals surface area contributed by atoms with Gasteiger partial charge in [-0.1, -0.05) is 32.7 Å². The van der Waals surface area contributed by atoms with E-state index in [0.717, 1.165) is 21.2 Å². The van der Waals surface area contributed by atoms with Crippen molar-refractivity contribution in [1.29, 1.82) is 0 Å². The van der Waals surface area contributed by atoms with Crippen LogP contribution < -0.4 is 0 Å². The van der Waals surface area contributed by atoms with Crippen molar-refractivity contribution >= 4 is 49.7 Å². The minimum absolute atomic E-state index is 0.512. The summed E-state index contributed by atoms with van der Waals surface area (Å²) in [7, 11) is 1.80. The number of hydrogen-bond donors (Lipinski definition) is 1. The molecule has 1 aromatic carbocycles. The summed E-state index contributed by atoms with van der Waals surface area (Å²) >= 11 is 9.69. The lowest BCUT2D eigenvalue weighted by molar-refractivity contribution is 0.709. The lowest BCUT2D eigenvalue weighted by atomic mass is 10.3. The summed E-state index contributed by atoms with van der Waals surface area (Å²) in [4.78, 5) is 7.61. The van der Waals surface area contributed by atoms with E-state index in [1.54, 1.807) is 24.0 Å². The molecule has 2 heterocycles. The second-order valence-corrected chi connectivity index (χ2v) is 5.34. The predicted octanol–water partition coefficient (Wildman–Crippen LogP) is 3.19. The number of nitrogens with one attached hydrogen (secondary N) is 1. The van der Waals surface area contributed by atoms with Gasteiger partial charge in [-0.05, 0) is 24.3 Å². The molecule has 0 saturated heterocycles. The van der Waals surface area contributed by atoms with Crippen LogP contribution in [0.2, 0.25) is 0 Å². The fraction of sp³-hybridized carbons (Fsp3) is 0.0833. The number of aromatic nitrogens is 5. The van der Waals surface area contributed by atoms with Gasteiger partial charge in [-0.3, -0.25) is 0 Å². The quantitative estimate of drug-likeness (QED) is 0.780. The molecule has 0 radical (unpaired) electrons. The summed E-state index contributed by atoms with van der Waals surface area (Å²) in [6.07, 6.45) is 3.41. The maximum absolute atomic E-state index is 6.27. The number of H-pyrrole nitrogens is 1. The second kappa shape index (κ2) is 4.79. The Labute approximate surface area is 122 Å². The van der Waals surface area contributed by atoms with Crippen LogP contribution in [0.1, 0.15) is 11.5 Å². The van der Waals surface area contributed by atoms with E-state index in [2.05, 4.69) is 36.2 Å². The molecule has 3 rings (SSSR count). The molecule has 0 aliphatic carbocycles. The van der Waals surface area contributed by atoms with E-state index in [1.807, 2.05) is 18.2 Å². The van der Waals surface area contributed by atoms with Crippen LogP contribution in [0.5, 0.6) is 0 Å². The smallest absolute Gasteiger partial charge is 0.150 e. The number of imidazole rings is 1. The Bertz CT molecular complexity index is 773. The highest BCUT2D eigenvalue weighted by atomic mass is 79.9. The molecule has 0 amide bonds. The molecule has 0 aliphatic rings. The fourth-order valence-electron chi connectivity index (χ4n) is 1.72. The molecule has 5 nitrogen and oxygen atoms in total. The van der Waals surface area contributed by atoms with Gasteiger partial charge in [0.25, 0.3) is 0 Å². The second-order valence-electron chi connectivity index (χ2n) is 4.02. The van der Waals surface area contributed by atoms with Crippen molar-refractivity contribution in [3.05, 3.63) is 40.4 Å². The van der Waals surface area contributed by atoms with Crippen LogP contribution in [0.15, 0.2) is 28.9 Å². The van der Waals surface area contributed by atoms with Crippen molar-refractivity contribution < 1.29 is 0 Å². The molecule has 19 heavy (non-hydrogen) atoms. The minimum atomic E-state index is 0.512. The third kappa shape index (κ3) is 2.41. The maximum Gasteiger partial charge on any atom is 0.150 e. The monoisotopic (exact) mass is 337 g/mol. The van der Waals surface area contributed by atoms with Crippen molar-refractivity contribution in [1.82, 2.24) is 25.0 Å². The first-order valence-electron chi connectivity index (χ1n) is 5.51. The van der Waals surface area contributed by atoms with Gasteiger partial charge in [-0.25, -0.2) is 9.67 Å². The summed E-state index contributed by atoms with van der Waals surface area (Å²) in [5, 5.41) is 8.15. The van der Waals surface area contributed by atoms with Crippen LogP contribution in [0, 0.1) is 0 Å². The van der Waals surface area contributed by atoms with E-state index in [4.69, 9.17) is 11.6 Å². The molecule has 1 N–H and O–H groups in total. The minimum Gasteiger partial charge on any atom is -0.337 e. The van der Waals surface area contributed by atoms with Gasteiger partial charge in [-0.15, -0.1) is 5.10 Å². The Hall–Kier alpha value is -1.66. The van der Waals surface area contributed by atoms with Crippen LogP contribution >= 0.6 is 27.5 Å². The van der Waals surface area contributed by atoms with Gasteiger partial charge in [0.1, 0.15) is 5.82 Å². The summed E-state index contributed by atoms with van der Waals surface area (Å²) in [5.41, 5.74) is 2.61. The van der Waals surface area contributed by atoms with Gasteiger partial charge in [0.15, 0.2) is 0 Å². The zero-order valence-corrected chi connectivity index (χ0v) is 12.3. The molecule has 96 valence electrons. The average molecular weight is 339 g/mol. The van der Waals surface area contributed by atoms with E-state index in [9.17, 15) is 0 Å². The number of nitrogens with zero attached hydrogens (tertiary/aromatic N) is 4. The number of aromatic amines is 1. The van der Waals surface area contributed by atoms with Crippen molar-refractivity contribution in [3.8, 4) is 0 Å². The Kier molecular flexibility index (Phi) is 3.12. The van der Waals surface area contributed by atoms with E-state index in [0.29, 0.717) is 10.9 Å². The van der Waals surface area contributed by atoms with E-state index >= 15 is 0 Å². The zero-order chi connectivity index (χ0) is 13.4. The molecule has 0 bridgehead atoms. The number of rotatable bonds is 2. The summed E-state index contributed by atoms with van der Waals surface area (Å²) < 4.78 is 2.63. The Balaban J connectivity index is 2.04. The van der Waals surface area contributed by atoms with Gasteiger partial charge in [0.2, 0.25) is 0 Å². The van der Waals surface area contributed by atoms with Gasteiger partial charge in [0.05, 0.1) is 28.0 Å². The number of fused-ring (bicyclic) bond motifs is 1. The third-order valence-electron chi connectivity index (χ3n) is 2.69. The zero-order valence-electron chi connectivity index (χ0n) is 9.93. The molecular weight excluding hydrogens is 330 g/mol. The van der Waals surface area contributed by atoms with E-state index in [-0.39, 0.29) is 0 Å². The number of aryl methyl sites for hydroxylation is 1. The van der Waals surface area contributed by atoms with E-state index < -0.39 is 0 Å². The molecule has 0 saturated carbocycles. The lowest BCUT2D eigenvalue weighted by Gasteiger charge is -1.94. The van der Waals surface area contributed by atoms with Crippen molar-refractivity contribution in [2.75, 3.05) is 0 Å². The van der Waals surface area contributed by atoms with Crippen LogP contribution in [-0.2, 0) is 7.05 Å². The van der Waals surface area contributed by atoms with Crippen molar-refractivity contribution in [3.63, 3.8) is 0 Å². The highest BCUT2D eigenvalue weighted by Gasteiger charge is 2.07. The Morgan fingerprint density at radius 3 is 3.05 bits per heavy atom. The maximum atomic E-state index is 6.27. The summed E-state index contributed by atoms with van der Waals surface area (Å²) in [5.74, 6) is 0.621. The Morgan fingerprint density at radius 2 is 2.32 bits per heavy atom. The summed E-state index contributed by atoms with van der Waals surface area (Å²) in [6, 6.07) is 5.83. The van der Waals surface area contributed by atoms with Gasteiger partial charge >= 0.3 is 0 Å². The first-order valence-corrected chi connectivity index (χ1v) is 6.68. The lowest BCUT2D eigenvalue weighted by Crippen LogP contribution is -1.93. The SMILES string of the molecule is Cn1nncc1/C=C(\Cl)c1nc2ccc(Br)cc2[nH]1. The molecule has 3 aromatic rings. The first-order chi connectivity index (χ1) is 9.13. The molecule has 0 atom stereocenters. The molecule has 0 aliphatic heterocycles. The molecule has 2 aromatic heterocycles. The standard InChI is InChI=1S/C12H9BrClN5/c1-19-8(6-15-18-19)5-9(14)12-16-10-3-2-7(13)4-11(10)17-12/h2-6H,1H3,(H,16,17)/b9-5-. The van der Waals surface area contributed by atoms with Gasteiger partial charge < -0.3 is 4.98 Å². The van der Waals surface area contributed by atoms with Crippen LogP contribution in [0.4, 0.5) is 0 Å². The topological polar surface area (TPSA) is 59.4 Å². The number of halogens is 2. The van der Waals surface area contributed by atoms with Gasteiger partial charge in [-0.2, -0.15) is 0 Å². The molecular formula is C12H9BrClN5. The molecule has 7 heteroatoms. The van der Waals surface area contributed by atoms with Crippen LogP contribution in [0.25, 0.3) is 22.1 Å². The fourth-order valence-corrected chi connectivity index (χ4v) is 2.28. The Morgan fingerprint density at radius 1 is 1.47 bits per heavy atom. The van der Waals surface area contributed by atoms with Crippen LogP contribution in [0.3, 0.4) is 0 Å². The average Bonchev–Trinajstić information content (AvgIpc) is 2.96. The highest BCUT2D eigenvalue weighted by Crippen LogP contribution is 2.24. The normalized spacial score (nSPS) is 12.3. The third-order valence-corrected chi connectivity index (χ3v) is 3.48. The predicted molar refractivity (Wildman–Crippen MR) is 78.5 cm³/mol. The van der Waals surface area contributed by atoms with E-state index in [1.165, 1.54) is 0 Å². The first kappa shape index (κ1) is 12.4. The van der Waals surface area contributed by atoms with Crippen LogP contribution in [-0.4, -0.2) is 25.0 Å². The molecule has 0 unspecified atom stereocenters. The summed E-state index contributed by atoms with van der Waals surface area (Å²) in [6.45, 7) is 0. The number of hydrogen-bond acceptors (Lipinski definition) is 3. The molecule has 0 spiro atoms.